The van der Waals surface area contributed by atoms with E-state index in [4.69, 9.17) is 14.2 Å². The van der Waals surface area contributed by atoms with E-state index >= 15 is 0 Å². The Hall–Kier alpha value is -4.81. The number of nitrogens with one attached hydrogen (secondary N) is 3. The quantitative estimate of drug-likeness (QED) is 0.106. The molecule has 9 nitrogen and oxygen atoms in total. The summed E-state index contributed by atoms with van der Waals surface area (Å²) in [6, 6.07) is 23.0. The summed E-state index contributed by atoms with van der Waals surface area (Å²) in [5, 5.41) is 7.53. The summed E-state index contributed by atoms with van der Waals surface area (Å²) in [6.07, 6.45) is 1.49. The number of carbonyl (C=O) groups is 3. The van der Waals surface area contributed by atoms with Crippen LogP contribution in [0.15, 0.2) is 100.0 Å². The largest absolute Gasteiger partial charge is 0.493 e. The summed E-state index contributed by atoms with van der Waals surface area (Å²) in [6.45, 7) is 1.69. The molecule has 0 bridgehead atoms. The Morgan fingerprint density at radius 2 is 1.54 bits per heavy atom. The van der Waals surface area contributed by atoms with Crippen LogP contribution >= 0.6 is 27.7 Å². The van der Waals surface area contributed by atoms with E-state index in [9.17, 15) is 18.8 Å². The Balaban J connectivity index is 1.56. The monoisotopic (exact) mass is 707 g/mol. The highest BCUT2D eigenvalue weighted by Crippen LogP contribution is 2.38. The third kappa shape index (κ3) is 8.89. The molecule has 1 atom stereocenters. The molecule has 0 aromatic heterocycles. The Kier molecular flexibility index (Phi) is 11.8. The van der Waals surface area contributed by atoms with E-state index in [1.54, 1.807) is 79.7 Å². The summed E-state index contributed by atoms with van der Waals surface area (Å²) >= 11 is 4.43. The molecule has 0 aliphatic heterocycles. The van der Waals surface area contributed by atoms with Gasteiger partial charge < -0.3 is 30.2 Å². The molecule has 0 aliphatic rings. The molecule has 4 aromatic rings. The number of methoxy groups -OCH3 is 3. The van der Waals surface area contributed by atoms with Crippen LogP contribution < -0.4 is 30.2 Å². The molecule has 4 rings (SSSR count). The van der Waals surface area contributed by atoms with Crippen molar-refractivity contribution in [3.8, 4) is 17.2 Å². The van der Waals surface area contributed by atoms with Gasteiger partial charge in [0.15, 0.2) is 11.5 Å². The van der Waals surface area contributed by atoms with Crippen LogP contribution in [0.3, 0.4) is 0 Å². The van der Waals surface area contributed by atoms with Gasteiger partial charge in [-0.25, -0.2) is 4.39 Å². The summed E-state index contributed by atoms with van der Waals surface area (Å²) < 4.78 is 31.1. The first-order valence-electron chi connectivity index (χ1n) is 13.8. The Bertz CT molecular complexity index is 1740. The van der Waals surface area contributed by atoms with Crippen LogP contribution in [0.2, 0.25) is 0 Å². The van der Waals surface area contributed by atoms with Gasteiger partial charge in [-0.2, -0.15) is 0 Å². The predicted octanol–water partition coefficient (Wildman–Crippen LogP) is 7.14. The maximum atomic E-state index is 14.2. The molecule has 0 heterocycles. The van der Waals surface area contributed by atoms with Crippen molar-refractivity contribution in [1.82, 2.24) is 5.32 Å². The van der Waals surface area contributed by atoms with Crippen LogP contribution in [-0.4, -0.2) is 44.3 Å². The lowest BCUT2D eigenvalue weighted by molar-refractivity contribution is -0.115. The SMILES string of the molecule is COc1cc(/C=C(/NC(=O)c2ccccc2)C(=O)Nc2cccc(SC(C)C(=O)Nc3ccc(Br)cc3F)c2)cc(OC)c1OC. The van der Waals surface area contributed by atoms with E-state index in [2.05, 4.69) is 31.9 Å². The fourth-order valence-corrected chi connectivity index (χ4v) is 5.48. The first-order valence-corrected chi connectivity index (χ1v) is 15.5. The van der Waals surface area contributed by atoms with Crippen molar-refractivity contribution >= 4 is 62.9 Å². The zero-order chi connectivity index (χ0) is 33.2. The lowest BCUT2D eigenvalue weighted by atomic mass is 10.1. The second-order valence-corrected chi connectivity index (χ2v) is 12.0. The number of anilines is 2. The number of ether oxygens (including phenoxy) is 3. The zero-order valence-electron chi connectivity index (χ0n) is 25.4. The van der Waals surface area contributed by atoms with Crippen LogP contribution in [0.1, 0.15) is 22.8 Å². The maximum Gasteiger partial charge on any atom is 0.272 e. The van der Waals surface area contributed by atoms with Crippen molar-refractivity contribution in [3.05, 3.63) is 112 Å². The van der Waals surface area contributed by atoms with E-state index in [1.807, 2.05) is 0 Å². The minimum atomic E-state index is -0.600. The highest BCUT2D eigenvalue weighted by Gasteiger charge is 2.19. The number of carbonyl (C=O) groups excluding carboxylic acids is 3. The van der Waals surface area contributed by atoms with Crippen molar-refractivity contribution in [3.63, 3.8) is 0 Å². The third-order valence-corrected chi connectivity index (χ3v) is 8.08. The van der Waals surface area contributed by atoms with Crippen molar-refractivity contribution in [2.24, 2.45) is 0 Å². The van der Waals surface area contributed by atoms with Crippen molar-refractivity contribution in [2.45, 2.75) is 17.1 Å². The van der Waals surface area contributed by atoms with Gasteiger partial charge in [-0.05, 0) is 79.2 Å². The lowest BCUT2D eigenvalue weighted by Crippen LogP contribution is -2.30. The molecule has 0 fully saturated rings. The molecular formula is C34H31BrFN3O6S. The standard InChI is InChI=1S/C34H31BrFN3O6S/c1-20(32(40)38-27-14-13-23(35)18-26(27)36)46-25-12-8-11-24(19-25)37-34(42)28(39-33(41)22-9-6-5-7-10-22)15-21-16-29(43-2)31(45-4)30(17-21)44-3/h5-20H,1-4H3,(H,37,42)(H,38,40)(H,39,41)/b28-15+. The average molecular weight is 709 g/mol. The van der Waals surface area contributed by atoms with Crippen LogP contribution in [-0.2, 0) is 9.59 Å². The highest BCUT2D eigenvalue weighted by molar-refractivity contribution is 9.10. The minimum absolute atomic E-state index is 0.0505. The predicted molar refractivity (Wildman–Crippen MR) is 181 cm³/mol. The zero-order valence-corrected chi connectivity index (χ0v) is 27.8. The Morgan fingerprint density at radius 1 is 0.848 bits per heavy atom. The number of halogens is 2. The van der Waals surface area contributed by atoms with Crippen LogP contribution in [0.25, 0.3) is 6.08 Å². The fourth-order valence-electron chi connectivity index (χ4n) is 4.22. The van der Waals surface area contributed by atoms with E-state index in [0.717, 1.165) is 0 Å². The molecule has 46 heavy (non-hydrogen) atoms. The Labute approximate surface area is 278 Å². The molecule has 0 saturated carbocycles. The number of rotatable bonds is 12. The molecule has 0 spiro atoms. The van der Waals surface area contributed by atoms with E-state index in [-0.39, 0.29) is 17.3 Å². The molecule has 238 valence electrons. The number of hydrogen-bond acceptors (Lipinski definition) is 7. The van der Waals surface area contributed by atoms with Crippen molar-refractivity contribution < 1.29 is 33.0 Å². The second-order valence-electron chi connectivity index (χ2n) is 9.69. The molecule has 0 saturated heterocycles. The second kappa shape index (κ2) is 16.0. The molecular weight excluding hydrogens is 677 g/mol. The molecule has 3 amide bonds. The minimum Gasteiger partial charge on any atom is -0.493 e. The van der Waals surface area contributed by atoms with Gasteiger partial charge in [0.25, 0.3) is 11.8 Å². The first kappa shape index (κ1) is 34.1. The van der Waals surface area contributed by atoms with Crippen molar-refractivity contribution in [1.29, 1.82) is 0 Å². The number of amides is 3. The number of benzene rings is 4. The van der Waals surface area contributed by atoms with Gasteiger partial charge in [0.1, 0.15) is 11.5 Å². The fraction of sp³-hybridized carbons (Fsp3) is 0.147. The molecule has 1 unspecified atom stereocenters. The Morgan fingerprint density at radius 3 is 2.17 bits per heavy atom. The molecule has 0 radical (unpaired) electrons. The van der Waals surface area contributed by atoms with Gasteiger partial charge in [0, 0.05) is 20.6 Å². The van der Waals surface area contributed by atoms with E-state index < -0.39 is 22.9 Å². The normalized spacial score (nSPS) is 11.7. The maximum absolute atomic E-state index is 14.2. The van der Waals surface area contributed by atoms with Gasteiger partial charge in [-0.1, -0.05) is 40.2 Å². The van der Waals surface area contributed by atoms with Gasteiger partial charge in [-0.3, -0.25) is 14.4 Å². The summed E-state index contributed by atoms with van der Waals surface area (Å²) in [7, 11) is 4.44. The molecule has 12 heteroatoms. The van der Waals surface area contributed by atoms with Gasteiger partial charge in [-0.15, -0.1) is 11.8 Å². The molecule has 3 N–H and O–H groups in total. The lowest BCUT2D eigenvalue weighted by Gasteiger charge is -2.15. The topological polar surface area (TPSA) is 115 Å². The number of hydrogen-bond donors (Lipinski definition) is 3. The molecule has 4 aromatic carbocycles. The first-order chi connectivity index (χ1) is 22.1. The van der Waals surface area contributed by atoms with Crippen LogP contribution in [0.4, 0.5) is 15.8 Å². The van der Waals surface area contributed by atoms with Crippen LogP contribution in [0.5, 0.6) is 17.2 Å². The van der Waals surface area contributed by atoms with Crippen molar-refractivity contribution in [2.75, 3.05) is 32.0 Å². The molecule has 0 aliphatic carbocycles. The summed E-state index contributed by atoms with van der Waals surface area (Å²) in [4.78, 5) is 40.2. The van der Waals surface area contributed by atoms with Gasteiger partial charge in [0.05, 0.1) is 32.3 Å². The summed E-state index contributed by atoms with van der Waals surface area (Å²) in [5.74, 6) is -0.918. The number of thioether (sulfide) groups is 1. The van der Waals surface area contributed by atoms with Crippen LogP contribution in [0, 0.1) is 5.82 Å². The van der Waals surface area contributed by atoms with Gasteiger partial charge in [0.2, 0.25) is 11.7 Å². The van der Waals surface area contributed by atoms with E-state index in [0.29, 0.717) is 43.4 Å². The highest BCUT2D eigenvalue weighted by atomic mass is 79.9. The summed E-state index contributed by atoms with van der Waals surface area (Å²) in [5.41, 5.74) is 1.31. The average Bonchev–Trinajstić information content (AvgIpc) is 3.05. The third-order valence-electron chi connectivity index (χ3n) is 6.49. The van der Waals surface area contributed by atoms with Gasteiger partial charge >= 0.3 is 0 Å². The smallest absolute Gasteiger partial charge is 0.272 e. The van der Waals surface area contributed by atoms with E-state index in [1.165, 1.54) is 51.3 Å².